The number of hydrazone groups is 1. The molecule has 0 spiro atoms. The quantitative estimate of drug-likeness (QED) is 0.393. The number of anilines is 1. The van der Waals surface area contributed by atoms with Crippen LogP contribution < -0.4 is 14.9 Å². The Morgan fingerprint density at radius 2 is 1.88 bits per heavy atom. The van der Waals surface area contributed by atoms with Crippen molar-refractivity contribution in [2.24, 2.45) is 5.10 Å². The van der Waals surface area contributed by atoms with Gasteiger partial charge in [0.1, 0.15) is 0 Å². The average molecular weight is 473 g/mol. The Balaban J connectivity index is 1.47. The molecule has 0 bridgehead atoms. The van der Waals surface area contributed by atoms with Crippen molar-refractivity contribution in [3.05, 3.63) is 53.4 Å². The van der Waals surface area contributed by atoms with Gasteiger partial charge in [-0.25, -0.2) is 13.4 Å². The maximum Gasteiger partial charge on any atom is 0.243 e. The molecular weight excluding hydrogens is 448 g/mol. The van der Waals surface area contributed by atoms with Crippen LogP contribution in [0.25, 0.3) is 11.3 Å². The van der Waals surface area contributed by atoms with Crippen LogP contribution in [0.2, 0.25) is 0 Å². The summed E-state index contributed by atoms with van der Waals surface area (Å²) in [5, 5.41) is 6.71. The van der Waals surface area contributed by atoms with Gasteiger partial charge in [-0.2, -0.15) is 9.41 Å². The van der Waals surface area contributed by atoms with Crippen molar-refractivity contribution in [3.63, 3.8) is 0 Å². The fourth-order valence-corrected chi connectivity index (χ4v) is 5.68. The van der Waals surface area contributed by atoms with E-state index in [0.29, 0.717) is 40.3 Å². The standard InChI is InChI=1S/C22H24N4O4S2/c1-29-20-9-8-16(12-21(20)30-2)14-23-25-22-24-19(15-31-22)17-6-5-7-18(13-17)32(27,28)26-10-3-4-11-26/h5-9,12-15H,3-4,10-11H2,1-2H3,(H,24,25)/b23-14-. The number of thiazole rings is 1. The number of hydrogen-bond acceptors (Lipinski definition) is 8. The van der Waals surface area contributed by atoms with Crippen LogP contribution in [-0.4, -0.2) is 51.2 Å². The van der Waals surface area contributed by atoms with Gasteiger partial charge in [-0.05, 0) is 48.7 Å². The molecule has 0 amide bonds. The van der Waals surface area contributed by atoms with E-state index in [2.05, 4.69) is 15.5 Å². The summed E-state index contributed by atoms with van der Waals surface area (Å²) >= 11 is 1.39. The fraction of sp³-hybridized carbons (Fsp3) is 0.273. The minimum absolute atomic E-state index is 0.297. The summed E-state index contributed by atoms with van der Waals surface area (Å²) in [4.78, 5) is 4.83. The third-order valence-electron chi connectivity index (χ3n) is 5.12. The Morgan fingerprint density at radius 1 is 1.09 bits per heavy atom. The van der Waals surface area contributed by atoms with Crippen LogP contribution in [-0.2, 0) is 10.0 Å². The molecule has 8 nitrogen and oxygen atoms in total. The molecule has 0 radical (unpaired) electrons. The van der Waals surface area contributed by atoms with Crippen LogP contribution in [0.4, 0.5) is 5.13 Å². The Kier molecular flexibility index (Phi) is 6.73. The summed E-state index contributed by atoms with van der Waals surface area (Å²) in [5.41, 5.74) is 5.20. The van der Waals surface area contributed by atoms with Gasteiger partial charge in [0.2, 0.25) is 15.2 Å². The van der Waals surface area contributed by atoms with E-state index in [0.717, 1.165) is 24.0 Å². The van der Waals surface area contributed by atoms with Gasteiger partial charge < -0.3 is 9.47 Å². The molecule has 1 fully saturated rings. The first-order valence-electron chi connectivity index (χ1n) is 10.1. The number of sulfonamides is 1. The number of aromatic nitrogens is 1. The Labute approximate surface area is 191 Å². The third kappa shape index (κ3) is 4.77. The molecule has 10 heteroatoms. The SMILES string of the molecule is COc1ccc(/C=N\Nc2nc(-c3cccc(S(=O)(=O)N4CCCC4)c3)cs2)cc1OC. The second kappa shape index (κ2) is 9.68. The first kappa shape index (κ1) is 22.3. The summed E-state index contributed by atoms with van der Waals surface area (Å²) in [5.74, 6) is 1.27. The van der Waals surface area contributed by atoms with Crippen molar-refractivity contribution >= 4 is 32.7 Å². The Bertz CT molecular complexity index is 1220. The van der Waals surface area contributed by atoms with Gasteiger partial charge in [0, 0.05) is 24.0 Å². The van der Waals surface area contributed by atoms with E-state index < -0.39 is 10.0 Å². The van der Waals surface area contributed by atoms with Crippen molar-refractivity contribution in [3.8, 4) is 22.8 Å². The van der Waals surface area contributed by atoms with E-state index in [1.54, 1.807) is 42.9 Å². The summed E-state index contributed by atoms with van der Waals surface area (Å²) in [6.45, 7) is 1.16. The van der Waals surface area contributed by atoms with Crippen LogP contribution >= 0.6 is 11.3 Å². The van der Waals surface area contributed by atoms with Crippen molar-refractivity contribution in [1.29, 1.82) is 0 Å². The van der Waals surface area contributed by atoms with Crippen LogP contribution in [0.3, 0.4) is 0 Å². The molecule has 1 aromatic heterocycles. The number of methoxy groups -OCH3 is 2. The van der Waals surface area contributed by atoms with Crippen molar-refractivity contribution in [1.82, 2.24) is 9.29 Å². The minimum atomic E-state index is -3.47. The van der Waals surface area contributed by atoms with Crippen LogP contribution in [0.5, 0.6) is 11.5 Å². The predicted octanol–water partition coefficient (Wildman–Crippen LogP) is 4.06. The number of rotatable bonds is 8. The number of nitrogens with one attached hydrogen (secondary N) is 1. The highest BCUT2D eigenvalue weighted by atomic mass is 32.2. The van der Waals surface area contributed by atoms with Gasteiger partial charge in [-0.3, -0.25) is 5.43 Å². The number of ether oxygens (including phenoxy) is 2. The molecule has 2 heterocycles. The van der Waals surface area contributed by atoms with E-state index >= 15 is 0 Å². The highest BCUT2D eigenvalue weighted by Crippen LogP contribution is 2.29. The molecule has 32 heavy (non-hydrogen) atoms. The number of nitrogens with zero attached hydrogens (tertiary/aromatic N) is 3. The minimum Gasteiger partial charge on any atom is -0.493 e. The zero-order valence-electron chi connectivity index (χ0n) is 17.8. The Hall–Kier alpha value is -2.95. The molecule has 0 atom stereocenters. The van der Waals surface area contributed by atoms with Crippen molar-refractivity contribution in [2.45, 2.75) is 17.7 Å². The van der Waals surface area contributed by atoms with Gasteiger partial charge >= 0.3 is 0 Å². The smallest absolute Gasteiger partial charge is 0.243 e. The molecule has 0 aliphatic carbocycles. The molecule has 0 saturated carbocycles. The molecule has 1 aliphatic heterocycles. The number of benzene rings is 2. The lowest BCUT2D eigenvalue weighted by molar-refractivity contribution is 0.355. The van der Waals surface area contributed by atoms with Gasteiger partial charge in [0.05, 0.1) is 31.0 Å². The zero-order chi connectivity index (χ0) is 22.6. The molecular formula is C22H24N4O4S2. The normalized spacial score (nSPS) is 14.7. The first-order chi connectivity index (χ1) is 15.5. The summed E-state index contributed by atoms with van der Waals surface area (Å²) < 4.78 is 37.8. The van der Waals surface area contributed by atoms with Crippen LogP contribution in [0.1, 0.15) is 18.4 Å². The Morgan fingerprint density at radius 3 is 2.62 bits per heavy atom. The molecule has 168 valence electrons. The van der Waals surface area contributed by atoms with E-state index in [1.165, 1.54) is 11.3 Å². The lowest BCUT2D eigenvalue weighted by Gasteiger charge is -2.15. The summed E-state index contributed by atoms with van der Waals surface area (Å²) in [6, 6.07) is 12.4. The van der Waals surface area contributed by atoms with Gasteiger partial charge in [0.15, 0.2) is 11.5 Å². The second-order valence-electron chi connectivity index (χ2n) is 7.16. The zero-order valence-corrected chi connectivity index (χ0v) is 19.4. The topological polar surface area (TPSA) is 93.1 Å². The van der Waals surface area contributed by atoms with E-state index in [-0.39, 0.29) is 0 Å². The first-order valence-corrected chi connectivity index (χ1v) is 12.4. The highest BCUT2D eigenvalue weighted by Gasteiger charge is 2.27. The molecule has 4 rings (SSSR count). The molecule has 2 aromatic carbocycles. The molecule has 0 unspecified atom stereocenters. The van der Waals surface area contributed by atoms with E-state index in [4.69, 9.17) is 9.47 Å². The lowest BCUT2D eigenvalue weighted by Crippen LogP contribution is -2.27. The van der Waals surface area contributed by atoms with Crippen LogP contribution in [0, 0.1) is 0 Å². The summed E-state index contributed by atoms with van der Waals surface area (Å²) in [7, 11) is -0.297. The largest absolute Gasteiger partial charge is 0.493 e. The number of hydrogen-bond donors (Lipinski definition) is 1. The summed E-state index contributed by atoms with van der Waals surface area (Å²) in [6.07, 6.45) is 3.47. The van der Waals surface area contributed by atoms with Crippen LogP contribution in [0.15, 0.2) is 57.8 Å². The predicted molar refractivity (Wildman–Crippen MR) is 126 cm³/mol. The van der Waals surface area contributed by atoms with E-state index in [1.807, 2.05) is 29.6 Å². The maximum atomic E-state index is 12.8. The monoisotopic (exact) mass is 472 g/mol. The molecule has 3 aromatic rings. The lowest BCUT2D eigenvalue weighted by atomic mass is 10.2. The third-order valence-corrected chi connectivity index (χ3v) is 7.76. The van der Waals surface area contributed by atoms with Gasteiger partial charge in [-0.15, -0.1) is 11.3 Å². The molecule has 1 aliphatic rings. The van der Waals surface area contributed by atoms with E-state index in [9.17, 15) is 8.42 Å². The maximum absolute atomic E-state index is 12.8. The average Bonchev–Trinajstić information content (AvgIpc) is 3.52. The highest BCUT2D eigenvalue weighted by molar-refractivity contribution is 7.89. The van der Waals surface area contributed by atoms with Crippen molar-refractivity contribution in [2.75, 3.05) is 32.7 Å². The van der Waals surface area contributed by atoms with Crippen molar-refractivity contribution < 1.29 is 17.9 Å². The fourth-order valence-electron chi connectivity index (χ4n) is 3.45. The molecule has 1 saturated heterocycles. The molecule has 1 N–H and O–H groups in total. The van der Waals surface area contributed by atoms with Gasteiger partial charge in [0.25, 0.3) is 0 Å². The second-order valence-corrected chi connectivity index (χ2v) is 9.96. The van der Waals surface area contributed by atoms with Gasteiger partial charge in [-0.1, -0.05) is 12.1 Å².